The number of carbonyl (C=O) groups is 1. The van der Waals surface area contributed by atoms with Gasteiger partial charge in [-0.1, -0.05) is 36.4 Å². The molecule has 10 nitrogen and oxygen atoms in total. The van der Waals surface area contributed by atoms with Gasteiger partial charge in [0.1, 0.15) is 17.0 Å². The summed E-state index contributed by atoms with van der Waals surface area (Å²) in [5, 5.41) is 14.4. The van der Waals surface area contributed by atoms with E-state index in [1.807, 2.05) is 64.6 Å². The molecule has 3 aromatic heterocycles. The zero-order valence-electron chi connectivity index (χ0n) is 24.9. The molecule has 1 atom stereocenters. The highest BCUT2D eigenvalue weighted by atomic mass is 16.3. The normalized spacial score (nSPS) is 15.7. The Kier molecular flexibility index (Phi) is 7.31. The van der Waals surface area contributed by atoms with Gasteiger partial charge in [0.2, 0.25) is 17.7 Å². The average Bonchev–Trinajstić information content (AvgIpc) is 3.45. The maximum atomic E-state index is 12.5. The van der Waals surface area contributed by atoms with Gasteiger partial charge >= 0.3 is 0 Å². The number of fused-ring (bicyclic) bond motifs is 1. The summed E-state index contributed by atoms with van der Waals surface area (Å²) in [5.41, 5.74) is 3.58. The minimum absolute atomic E-state index is 0.0504. The molecule has 0 saturated carbocycles. The Hall–Kier alpha value is -4.83. The molecule has 5 aromatic rings. The fraction of sp³-hybridized carbons (Fsp3) is 0.303. The van der Waals surface area contributed by atoms with E-state index < -0.39 is 5.60 Å². The molecule has 1 aliphatic heterocycles. The number of pyridine rings is 1. The van der Waals surface area contributed by atoms with E-state index in [4.69, 9.17) is 9.97 Å². The largest absolute Gasteiger partial charge is 0.384 e. The Morgan fingerprint density at radius 2 is 1.81 bits per heavy atom. The van der Waals surface area contributed by atoms with Crippen LogP contribution in [0.5, 0.6) is 0 Å². The van der Waals surface area contributed by atoms with Crippen LogP contribution in [0.15, 0.2) is 84.0 Å². The molecule has 0 aliphatic carbocycles. The van der Waals surface area contributed by atoms with Crippen molar-refractivity contribution >= 4 is 22.6 Å². The number of carbonyl (C=O) groups excluding carboxylic acids is 1. The predicted molar refractivity (Wildman–Crippen MR) is 165 cm³/mol. The van der Waals surface area contributed by atoms with Crippen molar-refractivity contribution in [3.8, 4) is 22.5 Å². The van der Waals surface area contributed by atoms with E-state index in [-0.39, 0.29) is 17.5 Å². The number of piperazine rings is 1. The van der Waals surface area contributed by atoms with Crippen LogP contribution in [0.2, 0.25) is 0 Å². The molecule has 4 heterocycles. The van der Waals surface area contributed by atoms with Crippen molar-refractivity contribution in [2.45, 2.75) is 39.0 Å². The number of rotatable bonds is 6. The quantitative estimate of drug-likeness (QED) is 0.299. The Morgan fingerprint density at radius 1 is 1.05 bits per heavy atom. The highest BCUT2D eigenvalue weighted by Gasteiger charge is 2.32. The second-order valence-electron chi connectivity index (χ2n) is 11.9. The molecular formula is C33H36N7O3+. The monoisotopic (exact) mass is 578 g/mol. The molecule has 0 radical (unpaired) electrons. The Labute approximate surface area is 249 Å². The Bertz CT molecular complexity index is 1860. The first-order chi connectivity index (χ1) is 20.6. The maximum Gasteiger partial charge on any atom is 0.250 e. The van der Waals surface area contributed by atoms with E-state index in [2.05, 4.69) is 28.2 Å². The number of aryl methyl sites for hydroxylation is 1. The number of H-pyrrole nitrogens is 1. The highest BCUT2D eigenvalue weighted by molar-refractivity contribution is 5.94. The highest BCUT2D eigenvalue weighted by Crippen LogP contribution is 2.37. The number of amides is 1. The molecule has 1 aliphatic rings. The summed E-state index contributed by atoms with van der Waals surface area (Å²) in [7, 11) is 1.74. The summed E-state index contributed by atoms with van der Waals surface area (Å²) in [6, 6.07) is 19.6. The number of benzene rings is 2. The van der Waals surface area contributed by atoms with Gasteiger partial charge in [0.15, 0.2) is 12.4 Å². The number of hydrogen-bond donors (Lipinski definition) is 2. The lowest BCUT2D eigenvalue weighted by Gasteiger charge is -2.42. The van der Waals surface area contributed by atoms with Gasteiger partial charge in [-0.2, -0.15) is 5.10 Å². The second-order valence-corrected chi connectivity index (χ2v) is 11.9. The van der Waals surface area contributed by atoms with Crippen molar-refractivity contribution in [3.63, 3.8) is 0 Å². The van der Waals surface area contributed by atoms with Crippen LogP contribution >= 0.6 is 0 Å². The van der Waals surface area contributed by atoms with Gasteiger partial charge in [0.05, 0.1) is 17.8 Å². The van der Waals surface area contributed by atoms with Crippen LogP contribution in [0.1, 0.15) is 32.4 Å². The van der Waals surface area contributed by atoms with E-state index >= 15 is 0 Å². The maximum absolute atomic E-state index is 12.5. The van der Waals surface area contributed by atoms with Gasteiger partial charge in [-0.05, 0) is 48.7 Å². The van der Waals surface area contributed by atoms with Crippen molar-refractivity contribution in [3.05, 3.63) is 95.2 Å². The van der Waals surface area contributed by atoms with Crippen LogP contribution in [-0.4, -0.2) is 60.8 Å². The topological polar surface area (TPSA) is 111 Å². The fourth-order valence-electron chi connectivity index (χ4n) is 5.71. The summed E-state index contributed by atoms with van der Waals surface area (Å²) < 4.78 is 3.39. The molecule has 1 saturated heterocycles. The van der Waals surface area contributed by atoms with E-state index in [1.54, 1.807) is 38.5 Å². The van der Waals surface area contributed by atoms with Gasteiger partial charge in [-0.3, -0.25) is 9.59 Å². The van der Waals surface area contributed by atoms with Gasteiger partial charge in [0, 0.05) is 51.3 Å². The van der Waals surface area contributed by atoms with Crippen molar-refractivity contribution in [2.24, 2.45) is 7.05 Å². The summed E-state index contributed by atoms with van der Waals surface area (Å²) in [6.45, 7) is 7.24. The Morgan fingerprint density at radius 3 is 2.53 bits per heavy atom. The van der Waals surface area contributed by atoms with Crippen LogP contribution in [0.4, 0.5) is 5.82 Å². The molecule has 43 heavy (non-hydrogen) atoms. The predicted octanol–water partition coefficient (Wildman–Crippen LogP) is 3.46. The van der Waals surface area contributed by atoms with Crippen LogP contribution in [-0.2, 0) is 18.4 Å². The van der Waals surface area contributed by atoms with Gasteiger partial charge < -0.3 is 19.5 Å². The van der Waals surface area contributed by atoms with Crippen LogP contribution < -0.4 is 15.1 Å². The molecule has 220 valence electrons. The lowest BCUT2D eigenvalue weighted by Crippen LogP contribution is -2.50. The molecule has 6 rings (SSSR count). The third-order valence-electron chi connectivity index (χ3n) is 7.87. The zero-order valence-corrected chi connectivity index (χ0v) is 24.9. The van der Waals surface area contributed by atoms with E-state index in [9.17, 15) is 14.7 Å². The smallest absolute Gasteiger partial charge is 0.250 e. The van der Waals surface area contributed by atoms with Gasteiger partial charge in [0.25, 0.3) is 0 Å². The standard InChI is InChI=1S/C33H35N7O3/c1-22(41)38-14-15-40(29(20-38)23-8-6-5-7-9-23)32-27-16-24(25-11-13-30(42)37(4)18-25)10-12-28(27)35-31(36-32)26-17-34-39(19-26)21-33(2,3)43/h5-13,16-19,29,43H,14-15,20-21H2,1-4H3/p+1/t29-/m1/s1. The minimum atomic E-state index is -0.890. The lowest BCUT2D eigenvalue weighted by atomic mass is 10.0. The SMILES string of the molecule is CC(=O)N1CCN(c2nc(-c3c[nH][n+](CC(C)(C)O)c3)nc3ccc(-c4ccc(=O)n(C)c4)cc23)[C@@H](c2ccccc2)C1. The van der Waals surface area contributed by atoms with Gasteiger partial charge in [-0.15, -0.1) is 4.68 Å². The molecule has 2 N–H and O–H groups in total. The van der Waals surface area contributed by atoms with E-state index in [0.717, 1.165) is 39.0 Å². The number of aromatic nitrogens is 5. The number of aliphatic hydroxyl groups is 1. The number of hydrogen-bond acceptors (Lipinski definition) is 6. The van der Waals surface area contributed by atoms with E-state index in [1.165, 1.54) is 0 Å². The summed E-state index contributed by atoms with van der Waals surface area (Å²) in [4.78, 5) is 38.8. The van der Waals surface area contributed by atoms with Crippen molar-refractivity contribution < 1.29 is 14.6 Å². The Balaban J connectivity index is 1.53. The molecule has 1 amide bonds. The van der Waals surface area contributed by atoms with E-state index in [0.29, 0.717) is 32.0 Å². The fourth-order valence-corrected chi connectivity index (χ4v) is 5.71. The van der Waals surface area contributed by atoms with Crippen LogP contribution in [0, 0.1) is 0 Å². The first kappa shape index (κ1) is 28.3. The molecule has 0 bridgehead atoms. The first-order valence-corrected chi connectivity index (χ1v) is 14.4. The molecular weight excluding hydrogens is 542 g/mol. The third kappa shape index (κ3) is 5.91. The molecule has 2 aromatic carbocycles. The number of nitrogens with one attached hydrogen (secondary N) is 1. The van der Waals surface area contributed by atoms with Crippen molar-refractivity contribution in [2.75, 3.05) is 24.5 Å². The first-order valence-electron chi connectivity index (χ1n) is 14.4. The summed E-state index contributed by atoms with van der Waals surface area (Å²) >= 11 is 0. The minimum Gasteiger partial charge on any atom is -0.384 e. The zero-order chi connectivity index (χ0) is 30.3. The average molecular weight is 579 g/mol. The second kappa shape index (κ2) is 11.1. The number of anilines is 1. The number of aromatic amines is 1. The third-order valence-corrected chi connectivity index (χ3v) is 7.87. The lowest BCUT2D eigenvalue weighted by molar-refractivity contribution is -0.760. The van der Waals surface area contributed by atoms with Crippen LogP contribution in [0.3, 0.4) is 0 Å². The molecule has 0 unspecified atom stereocenters. The summed E-state index contributed by atoms with van der Waals surface area (Å²) in [5.74, 6) is 1.39. The van der Waals surface area contributed by atoms with Crippen molar-refractivity contribution in [1.82, 2.24) is 24.5 Å². The van der Waals surface area contributed by atoms with Crippen LogP contribution in [0.25, 0.3) is 33.4 Å². The summed E-state index contributed by atoms with van der Waals surface area (Å²) in [6.07, 6.45) is 5.58. The molecule has 1 fully saturated rings. The number of nitrogens with zero attached hydrogens (tertiary/aromatic N) is 6. The molecule has 10 heteroatoms. The molecule has 0 spiro atoms. The van der Waals surface area contributed by atoms with Crippen molar-refractivity contribution in [1.29, 1.82) is 0 Å². The van der Waals surface area contributed by atoms with Gasteiger partial charge in [-0.25, -0.2) is 9.97 Å².